The number of hydrogen-bond donors (Lipinski definition) is 2. The van der Waals surface area contributed by atoms with E-state index in [9.17, 15) is 15.2 Å². The minimum absolute atomic E-state index is 0.0930. The summed E-state index contributed by atoms with van der Waals surface area (Å²) in [6, 6.07) is 14.0. The van der Waals surface area contributed by atoms with Crippen molar-refractivity contribution < 1.29 is 14.4 Å². The summed E-state index contributed by atoms with van der Waals surface area (Å²) in [4.78, 5) is 10.9. The highest BCUT2D eigenvalue weighted by atomic mass is 79.9. The average Bonchev–Trinajstić information content (AvgIpc) is 3.37. The number of hydrogen-bond acceptors (Lipinski definition) is 5. The van der Waals surface area contributed by atoms with Gasteiger partial charge in [-0.2, -0.15) is 0 Å². The third-order valence-electron chi connectivity index (χ3n) is 4.25. The summed E-state index contributed by atoms with van der Waals surface area (Å²) in [5.41, 5.74) is 1.39. The van der Waals surface area contributed by atoms with E-state index < -0.39 is 4.92 Å². The molecule has 6 nitrogen and oxygen atoms in total. The maximum atomic E-state index is 11.4. The molecular weight excluding hydrogens is 400 g/mol. The highest BCUT2D eigenvalue weighted by Gasteiger charge is 2.30. The van der Waals surface area contributed by atoms with Crippen LogP contribution in [0.25, 0.3) is 22.5 Å². The molecule has 1 aromatic heterocycles. The van der Waals surface area contributed by atoms with E-state index in [0.717, 1.165) is 22.9 Å². The predicted molar refractivity (Wildman–Crippen MR) is 102 cm³/mol. The van der Waals surface area contributed by atoms with Gasteiger partial charge in [-0.1, -0.05) is 40.2 Å². The molecule has 0 radical (unpaired) electrons. The molecule has 1 aliphatic carbocycles. The lowest BCUT2D eigenvalue weighted by molar-refractivity contribution is -0.384. The lowest BCUT2D eigenvalue weighted by Gasteiger charge is -2.05. The van der Waals surface area contributed by atoms with Crippen molar-refractivity contribution in [2.75, 3.05) is 5.32 Å². The first kappa shape index (κ1) is 16.7. The van der Waals surface area contributed by atoms with Gasteiger partial charge in [-0.15, -0.1) is 0 Å². The Morgan fingerprint density at radius 3 is 2.65 bits per heavy atom. The fourth-order valence-electron chi connectivity index (χ4n) is 2.86. The molecule has 0 aliphatic heterocycles. The molecule has 2 N–H and O–H groups in total. The van der Waals surface area contributed by atoms with Crippen molar-refractivity contribution in [3.05, 3.63) is 63.1 Å². The Morgan fingerprint density at radius 2 is 1.96 bits per heavy atom. The van der Waals surface area contributed by atoms with Crippen LogP contribution in [0.5, 0.6) is 5.75 Å². The highest BCUT2D eigenvalue weighted by Crippen LogP contribution is 2.49. The van der Waals surface area contributed by atoms with E-state index in [1.165, 1.54) is 6.07 Å². The molecular formula is C19H15BrN2O4. The standard InChI is InChI=1S/C19H15BrN2O4/c20-12-5-3-4-11(10-12)16-17(23)18(26-19(16)21-13-8-9-13)14-6-1-2-7-15(14)22(24)25/h1-7,10,13,21,23H,8-9H2. The molecule has 7 heteroatoms. The monoisotopic (exact) mass is 414 g/mol. The van der Waals surface area contributed by atoms with Crippen LogP contribution < -0.4 is 5.32 Å². The van der Waals surface area contributed by atoms with Crippen LogP contribution in [-0.2, 0) is 0 Å². The molecule has 0 bridgehead atoms. The number of rotatable bonds is 5. The molecule has 1 aliphatic rings. The predicted octanol–water partition coefficient (Wildman–Crippen LogP) is 5.56. The van der Waals surface area contributed by atoms with Gasteiger partial charge in [0.15, 0.2) is 11.5 Å². The molecule has 132 valence electrons. The van der Waals surface area contributed by atoms with E-state index in [2.05, 4.69) is 21.2 Å². The second kappa shape index (κ2) is 6.49. The van der Waals surface area contributed by atoms with Gasteiger partial charge in [0.1, 0.15) is 0 Å². The van der Waals surface area contributed by atoms with Crippen LogP contribution in [0.15, 0.2) is 57.4 Å². The second-order valence-electron chi connectivity index (χ2n) is 6.19. The van der Waals surface area contributed by atoms with Crippen LogP contribution in [0.1, 0.15) is 12.8 Å². The first-order chi connectivity index (χ1) is 12.5. The first-order valence-corrected chi connectivity index (χ1v) is 8.96. The molecule has 3 aromatic rings. The summed E-state index contributed by atoms with van der Waals surface area (Å²) in [7, 11) is 0. The number of benzene rings is 2. The molecule has 0 saturated heterocycles. The second-order valence-corrected chi connectivity index (χ2v) is 7.10. The summed E-state index contributed by atoms with van der Waals surface area (Å²) in [5.74, 6) is 0.409. The fourth-order valence-corrected chi connectivity index (χ4v) is 3.26. The molecule has 4 rings (SSSR count). The zero-order chi connectivity index (χ0) is 18.3. The van der Waals surface area contributed by atoms with Crippen LogP contribution in [0.2, 0.25) is 0 Å². The number of nitro groups is 1. The molecule has 26 heavy (non-hydrogen) atoms. The summed E-state index contributed by atoms with van der Waals surface area (Å²) in [6.07, 6.45) is 2.06. The Bertz CT molecular complexity index is 995. The van der Waals surface area contributed by atoms with Gasteiger partial charge in [-0.3, -0.25) is 10.1 Å². The Labute approximate surface area is 157 Å². The number of aromatic hydroxyl groups is 1. The van der Waals surface area contributed by atoms with Crippen molar-refractivity contribution in [1.82, 2.24) is 0 Å². The lowest BCUT2D eigenvalue weighted by atomic mass is 10.0. The van der Waals surface area contributed by atoms with Gasteiger partial charge >= 0.3 is 0 Å². The SMILES string of the molecule is O=[N+]([O-])c1ccccc1-c1oc(NC2CC2)c(-c2cccc(Br)c2)c1O. The van der Waals surface area contributed by atoms with Crippen molar-refractivity contribution in [2.45, 2.75) is 18.9 Å². The minimum atomic E-state index is -0.482. The fraction of sp³-hybridized carbons (Fsp3) is 0.158. The summed E-state index contributed by atoms with van der Waals surface area (Å²) < 4.78 is 6.75. The number of nitrogens with zero attached hydrogens (tertiary/aromatic N) is 1. The van der Waals surface area contributed by atoms with Gasteiger partial charge in [-0.05, 0) is 36.6 Å². The zero-order valence-corrected chi connectivity index (χ0v) is 15.2. The van der Waals surface area contributed by atoms with Crippen molar-refractivity contribution >= 4 is 27.5 Å². The third kappa shape index (κ3) is 3.06. The van der Waals surface area contributed by atoms with Gasteiger partial charge in [0, 0.05) is 16.6 Å². The van der Waals surface area contributed by atoms with E-state index in [4.69, 9.17) is 4.42 Å². The smallest absolute Gasteiger partial charge is 0.280 e. The largest absolute Gasteiger partial charge is 0.504 e. The molecule has 1 fully saturated rings. The lowest BCUT2D eigenvalue weighted by Crippen LogP contribution is -2.00. The van der Waals surface area contributed by atoms with Crippen LogP contribution in [-0.4, -0.2) is 16.1 Å². The topological polar surface area (TPSA) is 88.5 Å². The molecule has 1 heterocycles. The number of anilines is 1. The summed E-state index contributed by atoms with van der Waals surface area (Å²) in [6.45, 7) is 0. The zero-order valence-electron chi connectivity index (χ0n) is 13.6. The minimum Gasteiger partial charge on any atom is -0.504 e. The normalized spacial score (nSPS) is 13.6. The third-order valence-corrected chi connectivity index (χ3v) is 4.75. The van der Waals surface area contributed by atoms with Crippen molar-refractivity contribution in [3.8, 4) is 28.2 Å². The van der Waals surface area contributed by atoms with E-state index in [1.807, 2.05) is 24.3 Å². The quantitative estimate of drug-likeness (QED) is 0.421. The molecule has 1 saturated carbocycles. The maximum absolute atomic E-state index is 11.4. The van der Waals surface area contributed by atoms with Crippen molar-refractivity contribution in [1.29, 1.82) is 0 Å². The van der Waals surface area contributed by atoms with Gasteiger partial charge in [-0.25, -0.2) is 0 Å². The first-order valence-electron chi connectivity index (χ1n) is 8.16. The highest BCUT2D eigenvalue weighted by molar-refractivity contribution is 9.10. The Balaban J connectivity index is 1.91. The van der Waals surface area contributed by atoms with Crippen LogP contribution in [0, 0.1) is 10.1 Å². The van der Waals surface area contributed by atoms with E-state index >= 15 is 0 Å². The number of nitro benzene ring substituents is 1. The maximum Gasteiger partial charge on any atom is 0.280 e. The van der Waals surface area contributed by atoms with Gasteiger partial charge in [0.25, 0.3) is 5.69 Å². The Hall–Kier alpha value is -2.80. The van der Waals surface area contributed by atoms with E-state index in [-0.39, 0.29) is 22.8 Å². The summed E-state index contributed by atoms with van der Waals surface area (Å²) in [5, 5.41) is 25.5. The average molecular weight is 415 g/mol. The van der Waals surface area contributed by atoms with Gasteiger partial charge in [0.05, 0.1) is 16.1 Å². The van der Waals surface area contributed by atoms with Crippen LogP contribution >= 0.6 is 15.9 Å². The van der Waals surface area contributed by atoms with Crippen LogP contribution in [0.4, 0.5) is 11.6 Å². The summed E-state index contributed by atoms with van der Waals surface area (Å²) >= 11 is 3.43. The van der Waals surface area contributed by atoms with E-state index in [0.29, 0.717) is 17.5 Å². The number of nitrogens with one attached hydrogen (secondary N) is 1. The van der Waals surface area contributed by atoms with Gasteiger partial charge in [0.2, 0.25) is 5.88 Å². The Kier molecular flexibility index (Phi) is 4.16. The van der Waals surface area contributed by atoms with E-state index in [1.54, 1.807) is 18.2 Å². The van der Waals surface area contributed by atoms with Crippen molar-refractivity contribution in [2.24, 2.45) is 0 Å². The molecule has 0 amide bonds. The Morgan fingerprint density at radius 1 is 1.19 bits per heavy atom. The van der Waals surface area contributed by atoms with Crippen LogP contribution in [0.3, 0.4) is 0 Å². The number of para-hydroxylation sites is 1. The number of halogens is 1. The molecule has 0 unspecified atom stereocenters. The molecule has 0 atom stereocenters. The van der Waals surface area contributed by atoms with Crippen molar-refractivity contribution in [3.63, 3.8) is 0 Å². The number of furan rings is 1. The molecule has 0 spiro atoms. The molecule has 2 aromatic carbocycles. The van der Waals surface area contributed by atoms with Gasteiger partial charge < -0.3 is 14.8 Å².